The molecule has 0 atom stereocenters. The Hall–Kier alpha value is -1.76. The minimum absolute atomic E-state index is 0.00398. The quantitative estimate of drug-likeness (QED) is 0.842. The molecule has 2 rings (SSSR count). The summed E-state index contributed by atoms with van der Waals surface area (Å²) in [6, 6.07) is 4.03. The molecule has 98 valence electrons. The normalized spacial score (nSPS) is 15.2. The summed E-state index contributed by atoms with van der Waals surface area (Å²) < 4.78 is 31.0. The predicted octanol–water partition coefficient (Wildman–Crippen LogP) is 1.30. The van der Waals surface area contributed by atoms with Crippen molar-refractivity contribution in [1.29, 1.82) is 0 Å². The average Bonchev–Trinajstić information content (AvgIpc) is 3.12. The van der Waals surface area contributed by atoms with Crippen molar-refractivity contribution in [3.05, 3.63) is 23.8 Å². The van der Waals surface area contributed by atoms with E-state index in [-0.39, 0.29) is 16.5 Å². The second-order valence-corrected chi connectivity index (χ2v) is 6.03. The standard InChI is InChI=1S/C11H13NO5S/c1-17-10-5-2-7(11(13)14)6-9(10)12-18(15,16)8-3-4-8/h2,5-6,8,12H,3-4H2,1H3,(H,13,14). The smallest absolute Gasteiger partial charge is 0.335 e. The summed E-state index contributed by atoms with van der Waals surface area (Å²) in [6.45, 7) is 0. The number of aromatic carboxylic acids is 1. The highest BCUT2D eigenvalue weighted by molar-refractivity contribution is 7.93. The maximum absolute atomic E-state index is 11.8. The first-order chi connectivity index (χ1) is 8.44. The van der Waals surface area contributed by atoms with Gasteiger partial charge in [0, 0.05) is 0 Å². The third kappa shape index (κ3) is 2.56. The lowest BCUT2D eigenvalue weighted by Crippen LogP contribution is -2.18. The Labute approximate surface area is 105 Å². The lowest BCUT2D eigenvalue weighted by atomic mass is 10.2. The molecule has 0 amide bonds. The number of ether oxygens (including phenoxy) is 1. The molecule has 7 heteroatoms. The van der Waals surface area contributed by atoms with Crippen molar-refractivity contribution in [2.45, 2.75) is 18.1 Å². The van der Waals surface area contributed by atoms with Gasteiger partial charge in [-0.1, -0.05) is 0 Å². The highest BCUT2D eigenvalue weighted by Gasteiger charge is 2.36. The zero-order valence-electron chi connectivity index (χ0n) is 9.71. The minimum atomic E-state index is -3.44. The molecule has 0 unspecified atom stereocenters. The fourth-order valence-corrected chi connectivity index (χ4v) is 2.93. The molecule has 0 bridgehead atoms. The number of sulfonamides is 1. The Morgan fingerprint density at radius 1 is 1.44 bits per heavy atom. The van der Waals surface area contributed by atoms with Gasteiger partial charge in [0.1, 0.15) is 5.75 Å². The molecule has 0 aromatic heterocycles. The van der Waals surface area contributed by atoms with Crippen molar-refractivity contribution >= 4 is 21.7 Å². The lowest BCUT2D eigenvalue weighted by Gasteiger charge is -2.11. The van der Waals surface area contributed by atoms with E-state index in [1.165, 1.54) is 25.3 Å². The third-order valence-corrected chi connectivity index (χ3v) is 4.52. The molecule has 18 heavy (non-hydrogen) atoms. The number of carboxylic acids is 1. The summed E-state index contributed by atoms with van der Waals surface area (Å²) in [4.78, 5) is 10.8. The fraction of sp³-hybridized carbons (Fsp3) is 0.364. The first-order valence-electron chi connectivity index (χ1n) is 5.37. The van der Waals surface area contributed by atoms with Crippen LogP contribution in [0, 0.1) is 0 Å². The topological polar surface area (TPSA) is 92.7 Å². The van der Waals surface area contributed by atoms with E-state index in [9.17, 15) is 13.2 Å². The van der Waals surface area contributed by atoms with E-state index in [4.69, 9.17) is 9.84 Å². The van der Waals surface area contributed by atoms with E-state index in [0.717, 1.165) is 0 Å². The van der Waals surface area contributed by atoms with E-state index in [1.54, 1.807) is 0 Å². The lowest BCUT2D eigenvalue weighted by molar-refractivity contribution is 0.0697. The van der Waals surface area contributed by atoms with Gasteiger partial charge in [-0.3, -0.25) is 4.72 Å². The van der Waals surface area contributed by atoms with Crippen molar-refractivity contribution in [2.24, 2.45) is 0 Å². The van der Waals surface area contributed by atoms with E-state index < -0.39 is 16.0 Å². The van der Waals surface area contributed by atoms with Crippen molar-refractivity contribution in [3.8, 4) is 5.75 Å². The molecule has 0 heterocycles. The first kappa shape index (κ1) is 12.7. The van der Waals surface area contributed by atoms with Crippen LogP contribution in [-0.2, 0) is 10.0 Å². The van der Waals surface area contributed by atoms with E-state index in [1.807, 2.05) is 0 Å². The number of carbonyl (C=O) groups is 1. The van der Waals surface area contributed by atoms with Crippen LogP contribution in [0.2, 0.25) is 0 Å². The number of methoxy groups -OCH3 is 1. The van der Waals surface area contributed by atoms with Gasteiger partial charge in [0.25, 0.3) is 0 Å². The number of carboxylic acid groups (broad SMARTS) is 1. The van der Waals surface area contributed by atoms with Crippen LogP contribution >= 0.6 is 0 Å². The van der Waals surface area contributed by atoms with Gasteiger partial charge in [0.05, 0.1) is 23.6 Å². The maximum atomic E-state index is 11.8. The van der Waals surface area contributed by atoms with Crippen LogP contribution in [0.1, 0.15) is 23.2 Å². The average molecular weight is 271 g/mol. The third-order valence-electron chi connectivity index (χ3n) is 2.66. The zero-order valence-corrected chi connectivity index (χ0v) is 10.5. The van der Waals surface area contributed by atoms with Gasteiger partial charge >= 0.3 is 5.97 Å². The second-order valence-electron chi connectivity index (χ2n) is 4.07. The number of hydrogen-bond acceptors (Lipinski definition) is 4. The molecule has 0 radical (unpaired) electrons. The Balaban J connectivity index is 2.35. The van der Waals surface area contributed by atoms with Crippen LogP contribution < -0.4 is 9.46 Å². The highest BCUT2D eigenvalue weighted by Crippen LogP contribution is 2.33. The molecular formula is C11H13NO5S. The number of hydrogen-bond donors (Lipinski definition) is 2. The van der Waals surface area contributed by atoms with Crippen LogP contribution in [0.4, 0.5) is 5.69 Å². The van der Waals surface area contributed by atoms with Gasteiger partial charge in [-0.05, 0) is 31.0 Å². The number of anilines is 1. The van der Waals surface area contributed by atoms with Gasteiger partial charge < -0.3 is 9.84 Å². The summed E-state index contributed by atoms with van der Waals surface area (Å²) in [5.74, 6) is -0.825. The molecule has 1 aliphatic carbocycles. The Kier molecular flexibility index (Phi) is 3.16. The molecule has 0 spiro atoms. The van der Waals surface area contributed by atoms with Crippen LogP contribution in [0.25, 0.3) is 0 Å². The molecule has 6 nitrogen and oxygen atoms in total. The number of nitrogens with one attached hydrogen (secondary N) is 1. The van der Waals surface area contributed by atoms with Crippen LogP contribution in [-0.4, -0.2) is 31.9 Å². The molecular weight excluding hydrogens is 258 g/mol. The molecule has 1 aromatic rings. The van der Waals surface area contributed by atoms with E-state index in [0.29, 0.717) is 18.6 Å². The second kappa shape index (κ2) is 4.49. The van der Waals surface area contributed by atoms with Crippen molar-refractivity contribution < 1.29 is 23.1 Å². The van der Waals surface area contributed by atoms with Crippen molar-refractivity contribution in [3.63, 3.8) is 0 Å². The van der Waals surface area contributed by atoms with E-state index in [2.05, 4.69) is 4.72 Å². The van der Waals surface area contributed by atoms with Crippen LogP contribution in [0.5, 0.6) is 5.75 Å². The predicted molar refractivity (Wildman–Crippen MR) is 65.5 cm³/mol. The van der Waals surface area contributed by atoms with Gasteiger partial charge in [-0.15, -0.1) is 0 Å². The Morgan fingerprint density at radius 2 is 2.11 bits per heavy atom. The number of benzene rings is 1. The summed E-state index contributed by atoms with van der Waals surface area (Å²) in [5.41, 5.74) is 0.161. The molecule has 1 saturated carbocycles. The highest BCUT2D eigenvalue weighted by atomic mass is 32.2. The fourth-order valence-electron chi connectivity index (χ4n) is 1.54. The van der Waals surface area contributed by atoms with Gasteiger partial charge in [-0.2, -0.15) is 0 Å². The Bertz CT molecular complexity index is 577. The molecule has 0 aliphatic heterocycles. The molecule has 0 saturated heterocycles. The largest absolute Gasteiger partial charge is 0.495 e. The molecule has 2 N–H and O–H groups in total. The van der Waals surface area contributed by atoms with Gasteiger partial charge in [0.15, 0.2) is 0 Å². The molecule has 1 fully saturated rings. The molecule has 1 aromatic carbocycles. The summed E-state index contributed by atoms with van der Waals surface area (Å²) in [5, 5.41) is 8.50. The molecule has 1 aliphatic rings. The van der Waals surface area contributed by atoms with Crippen molar-refractivity contribution in [1.82, 2.24) is 0 Å². The van der Waals surface area contributed by atoms with E-state index >= 15 is 0 Å². The zero-order chi connectivity index (χ0) is 13.3. The summed E-state index contributed by atoms with van der Waals surface area (Å²) in [6.07, 6.45) is 1.27. The summed E-state index contributed by atoms with van der Waals surface area (Å²) >= 11 is 0. The first-order valence-corrected chi connectivity index (χ1v) is 6.91. The number of rotatable bonds is 5. The van der Waals surface area contributed by atoms with Crippen molar-refractivity contribution in [2.75, 3.05) is 11.8 Å². The van der Waals surface area contributed by atoms with Crippen LogP contribution in [0.3, 0.4) is 0 Å². The van der Waals surface area contributed by atoms with Crippen LogP contribution in [0.15, 0.2) is 18.2 Å². The Morgan fingerprint density at radius 3 is 2.61 bits per heavy atom. The summed E-state index contributed by atoms with van der Waals surface area (Å²) in [7, 11) is -2.04. The maximum Gasteiger partial charge on any atom is 0.335 e. The van der Waals surface area contributed by atoms with Gasteiger partial charge in [-0.25, -0.2) is 13.2 Å². The monoisotopic (exact) mass is 271 g/mol. The minimum Gasteiger partial charge on any atom is -0.495 e. The SMILES string of the molecule is COc1ccc(C(=O)O)cc1NS(=O)(=O)C1CC1. The van der Waals surface area contributed by atoms with Gasteiger partial charge in [0.2, 0.25) is 10.0 Å².